The Morgan fingerprint density at radius 1 is 1.50 bits per heavy atom. The van der Waals surface area contributed by atoms with Crippen molar-refractivity contribution in [3.63, 3.8) is 0 Å². The van der Waals surface area contributed by atoms with E-state index in [1.165, 1.54) is 18.2 Å². The molecule has 1 N–H and O–H groups in total. The normalized spacial score (nSPS) is 12.4. The van der Waals surface area contributed by atoms with Crippen LogP contribution in [0.25, 0.3) is 0 Å². The monoisotopic (exact) mass is 289 g/mol. The van der Waals surface area contributed by atoms with E-state index in [9.17, 15) is 14.9 Å². The van der Waals surface area contributed by atoms with Gasteiger partial charge in [-0.25, -0.2) is 0 Å². The lowest BCUT2D eigenvalue weighted by Gasteiger charge is -2.16. The molecule has 1 atom stereocenters. The molecular weight excluding hydrogens is 278 g/mol. The van der Waals surface area contributed by atoms with Crippen LogP contribution in [0, 0.1) is 16.0 Å². The van der Waals surface area contributed by atoms with Gasteiger partial charge in [-0.3, -0.25) is 14.9 Å². The minimum absolute atomic E-state index is 0.0706. The predicted molar refractivity (Wildman–Crippen MR) is 70.2 cm³/mol. The molecule has 0 saturated heterocycles. The maximum Gasteiger partial charge on any atom is 0.317 e. The average molecular weight is 290 g/mol. The Morgan fingerprint density at radius 3 is 2.50 bits per heavy atom. The fraction of sp³-hybridized carbons (Fsp3) is 0.364. The van der Waals surface area contributed by atoms with Gasteiger partial charge in [0.1, 0.15) is 5.25 Å². The van der Waals surface area contributed by atoms with E-state index < -0.39 is 16.1 Å². The third-order valence-electron chi connectivity index (χ3n) is 2.23. The zero-order valence-corrected chi connectivity index (χ0v) is 11.4. The van der Waals surface area contributed by atoms with E-state index in [2.05, 4.69) is 0 Å². The van der Waals surface area contributed by atoms with Crippen LogP contribution in [0.15, 0.2) is 23.1 Å². The average Bonchev–Trinajstić information content (AvgIpc) is 2.25. The number of rotatable bonds is 5. The van der Waals surface area contributed by atoms with Crippen molar-refractivity contribution in [2.24, 2.45) is 5.92 Å². The van der Waals surface area contributed by atoms with Crippen LogP contribution in [0.4, 0.5) is 5.69 Å². The molecule has 0 radical (unpaired) electrons. The minimum atomic E-state index is -0.926. The summed E-state index contributed by atoms with van der Waals surface area (Å²) in [7, 11) is 0. The maximum atomic E-state index is 11.1. The van der Waals surface area contributed by atoms with Crippen LogP contribution >= 0.6 is 23.4 Å². The minimum Gasteiger partial charge on any atom is -0.480 e. The Kier molecular flexibility index (Phi) is 4.98. The van der Waals surface area contributed by atoms with Gasteiger partial charge in [-0.05, 0) is 12.0 Å². The molecule has 1 rings (SSSR count). The summed E-state index contributed by atoms with van der Waals surface area (Å²) < 4.78 is 0. The van der Waals surface area contributed by atoms with Gasteiger partial charge < -0.3 is 5.11 Å². The number of carboxylic acids is 1. The Labute approximate surface area is 113 Å². The SMILES string of the molecule is CC(C)C(Sc1ccc([N+](=O)[O-])cc1Cl)C(=O)O. The molecule has 7 heteroatoms. The van der Waals surface area contributed by atoms with E-state index in [0.29, 0.717) is 4.90 Å². The van der Waals surface area contributed by atoms with Crippen LogP contribution < -0.4 is 0 Å². The lowest BCUT2D eigenvalue weighted by Crippen LogP contribution is -2.22. The molecule has 1 aromatic rings. The Bertz CT molecular complexity index is 478. The van der Waals surface area contributed by atoms with Crippen LogP contribution in [0.3, 0.4) is 0 Å². The molecule has 0 spiro atoms. The largest absolute Gasteiger partial charge is 0.480 e. The molecule has 0 fully saturated rings. The van der Waals surface area contributed by atoms with Gasteiger partial charge in [0.25, 0.3) is 5.69 Å². The molecule has 0 heterocycles. The van der Waals surface area contributed by atoms with E-state index in [1.54, 1.807) is 13.8 Å². The summed E-state index contributed by atoms with van der Waals surface area (Å²) in [5, 5.41) is 19.2. The number of non-ortho nitro benzene ring substituents is 1. The molecule has 18 heavy (non-hydrogen) atoms. The standard InChI is InChI=1S/C11H12ClNO4S/c1-6(2)10(11(14)15)18-9-4-3-7(13(16)17)5-8(9)12/h3-6,10H,1-2H3,(H,14,15). The van der Waals surface area contributed by atoms with Gasteiger partial charge in [-0.2, -0.15) is 0 Å². The number of carbonyl (C=O) groups is 1. The lowest BCUT2D eigenvalue weighted by atomic mass is 10.1. The highest BCUT2D eigenvalue weighted by Crippen LogP contribution is 2.35. The van der Waals surface area contributed by atoms with Crippen LogP contribution in [0.2, 0.25) is 5.02 Å². The molecule has 0 amide bonds. The molecule has 0 aliphatic carbocycles. The highest BCUT2D eigenvalue weighted by Gasteiger charge is 2.24. The lowest BCUT2D eigenvalue weighted by molar-refractivity contribution is -0.384. The summed E-state index contributed by atoms with van der Waals surface area (Å²) in [6, 6.07) is 4.01. The van der Waals surface area contributed by atoms with Crippen LogP contribution in [0.1, 0.15) is 13.8 Å². The number of nitrogens with zero attached hydrogens (tertiary/aromatic N) is 1. The zero-order chi connectivity index (χ0) is 13.9. The van der Waals surface area contributed by atoms with Gasteiger partial charge in [0.05, 0.1) is 9.95 Å². The summed E-state index contributed by atoms with van der Waals surface area (Å²) in [4.78, 5) is 21.6. The van der Waals surface area contributed by atoms with Gasteiger partial charge in [0, 0.05) is 17.0 Å². The van der Waals surface area contributed by atoms with Gasteiger partial charge in [-0.15, -0.1) is 11.8 Å². The Balaban J connectivity index is 2.97. The third-order valence-corrected chi connectivity index (χ3v) is 4.26. The number of carboxylic acid groups (broad SMARTS) is 1. The topological polar surface area (TPSA) is 80.4 Å². The molecule has 0 bridgehead atoms. The van der Waals surface area contributed by atoms with Crippen molar-refractivity contribution in [2.75, 3.05) is 0 Å². The van der Waals surface area contributed by atoms with E-state index in [1.807, 2.05) is 0 Å². The number of nitro benzene ring substituents is 1. The van der Waals surface area contributed by atoms with Crippen molar-refractivity contribution in [1.82, 2.24) is 0 Å². The number of thioether (sulfide) groups is 1. The first-order chi connectivity index (χ1) is 8.32. The fourth-order valence-corrected chi connectivity index (χ4v) is 2.58. The van der Waals surface area contributed by atoms with E-state index in [4.69, 9.17) is 16.7 Å². The fourth-order valence-electron chi connectivity index (χ4n) is 1.31. The van der Waals surface area contributed by atoms with E-state index in [-0.39, 0.29) is 16.6 Å². The van der Waals surface area contributed by atoms with Crippen molar-refractivity contribution in [2.45, 2.75) is 24.0 Å². The van der Waals surface area contributed by atoms with Crippen molar-refractivity contribution in [1.29, 1.82) is 0 Å². The second-order valence-electron chi connectivity index (χ2n) is 3.99. The quantitative estimate of drug-likeness (QED) is 0.510. The molecule has 98 valence electrons. The highest BCUT2D eigenvalue weighted by molar-refractivity contribution is 8.00. The van der Waals surface area contributed by atoms with Gasteiger partial charge >= 0.3 is 5.97 Å². The molecule has 1 aromatic carbocycles. The number of benzene rings is 1. The second kappa shape index (κ2) is 6.06. The van der Waals surface area contributed by atoms with E-state index >= 15 is 0 Å². The first-order valence-electron chi connectivity index (χ1n) is 5.16. The maximum absolute atomic E-state index is 11.1. The van der Waals surface area contributed by atoms with Gasteiger partial charge in [-0.1, -0.05) is 25.4 Å². The number of hydrogen-bond acceptors (Lipinski definition) is 4. The molecular formula is C11H12ClNO4S. The molecule has 0 aliphatic heterocycles. The Hall–Kier alpha value is -1.27. The summed E-state index contributed by atoms with van der Waals surface area (Å²) >= 11 is 7.01. The number of halogens is 1. The van der Waals surface area contributed by atoms with Crippen molar-refractivity contribution < 1.29 is 14.8 Å². The van der Waals surface area contributed by atoms with Gasteiger partial charge in [0.2, 0.25) is 0 Å². The predicted octanol–water partition coefficient (Wildman–Crippen LogP) is 3.45. The summed E-state index contributed by atoms with van der Waals surface area (Å²) in [5.74, 6) is -0.997. The van der Waals surface area contributed by atoms with Gasteiger partial charge in [0.15, 0.2) is 0 Å². The molecule has 5 nitrogen and oxygen atoms in total. The first kappa shape index (κ1) is 14.8. The first-order valence-corrected chi connectivity index (χ1v) is 6.42. The molecule has 0 saturated carbocycles. The number of aliphatic carboxylic acids is 1. The number of hydrogen-bond donors (Lipinski definition) is 1. The second-order valence-corrected chi connectivity index (χ2v) is 5.58. The van der Waals surface area contributed by atoms with Crippen molar-refractivity contribution in [3.05, 3.63) is 33.3 Å². The highest BCUT2D eigenvalue weighted by atomic mass is 35.5. The van der Waals surface area contributed by atoms with Crippen LogP contribution in [-0.4, -0.2) is 21.2 Å². The molecule has 0 aliphatic rings. The van der Waals surface area contributed by atoms with Crippen LogP contribution in [-0.2, 0) is 4.79 Å². The Morgan fingerprint density at radius 2 is 2.11 bits per heavy atom. The third kappa shape index (κ3) is 3.61. The summed E-state index contributed by atoms with van der Waals surface area (Å²) in [5.41, 5.74) is -0.110. The van der Waals surface area contributed by atoms with Crippen molar-refractivity contribution in [3.8, 4) is 0 Å². The van der Waals surface area contributed by atoms with Crippen molar-refractivity contribution >= 4 is 35.0 Å². The number of nitro groups is 1. The smallest absolute Gasteiger partial charge is 0.317 e. The summed E-state index contributed by atoms with van der Waals surface area (Å²) in [6.45, 7) is 3.59. The zero-order valence-electron chi connectivity index (χ0n) is 9.79. The van der Waals surface area contributed by atoms with Crippen LogP contribution in [0.5, 0.6) is 0 Å². The summed E-state index contributed by atoms with van der Waals surface area (Å²) in [6.07, 6.45) is 0. The molecule has 0 aromatic heterocycles. The molecule has 1 unspecified atom stereocenters. The van der Waals surface area contributed by atoms with E-state index in [0.717, 1.165) is 11.8 Å².